The Morgan fingerprint density at radius 2 is 1.05 bits per heavy atom. The fraction of sp³-hybridized carbons (Fsp3) is 0.787. The van der Waals surface area contributed by atoms with Crippen molar-refractivity contribution < 1.29 is 42.8 Å². The number of Topliss-reactive ketones (excluding diaryl/α,β-unsaturated/α-hetero) is 1. The van der Waals surface area contributed by atoms with Crippen LogP contribution in [0.4, 0.5) is 10.2 Å². The third-order valence-electron chi connectivity index (χ3n) is 14.5. The maximum absolute atomic E-state index is 15.7. The number of nitrogens with zero attached hydrogens (tertiary/aromatic N) is 2. The minimum atomic E-state index is -2.02. The molecular weight excluding hydrogens is 938 g/mol. The molecule has 1 aliphatic heterocycles. The Balaban J connectivity index is 1.47. The molecule has 4 atom stereocenters. The summed E-state index contributed by atoms with van der Waals surface area (Å²) in [7, 11) is 0. The molecule has 1 saturated heterocycles. The number of aliphatic hydroxyl groups is 1. The smallest absolute Gasteiger partial charge is 0.351 e. The van der Waals surface area contributed by atoms with E-state index in [1.165, 1.54) is 212 Å². The van der Waals surface area contributed by atoms with Crippen molar-refractivity contribution in [2.75, 3.05) is 25.1 Å². The molecule has 0 saturated carbocycles. The SMILES string of the molecule is CCCCCCCCCCCCCCCCCCCCOc1cccc(C(=O)Nc2ccn([C@@H]3O[C@H](CO)[C@@H](OC(=O)CCC(C)=O)[C@H]3F)c(=O)n2)c1OCCCCCCCCCCCCCCCCCCCC. The number of unbranched alkanes of at least 4 members (excludes halogenated alkanes) is 34. The number of hydrogen-bond acceptors (Lipinski definition) is 10. The van der Waals surface area contributed by atoms with Gasteiger partial charge in [-0.05, 0) is 38.0 Å². The molecule has 1 aliphatic rings. The molecule has 2 aromatic rings. The number of anilines is 1. The average Bonchev–Trinajstić information content (AvgIpc) is 3.70. The zero-order valence-electron chi connectivity index (χ0n) is 46.7. The van der Waals surface area contributed by atoms with Crippen molar-refractivity contribution >= 4 is 23.5 Å². The molecule has 0 unspecified atom stereocenters. The van der Waals surface area contributed by atoms with Crippen LogP contribution in [0.5, 0.6) is 11.5 Å². The lowest BCUT2D eigenvalue weighted by atomic mass is 10.0. The van der Waals surface area contributed by atoms with Gasteiger partial charge >= 0.3 is 11.7 Å². The number of nitrogens with one attached hydrogen (secondary N) is 1. The highest BCUT2D eigenvalue weighted by atomic mass is 19.1. The average molecular weight is 1040 g/mol. The first-order valence-corrected chi connectivity index (χ1v) is 30.1. The Morgan fingerprint density at radius 1 is 0.622 bits per heavy atom. The molecule has 0 bridgehead atoms. The maximum Gasteiger partial charge on any atom is 0.351 e. The number of ketones is 1. The predicted octanol–water partition coefficient (Wildman–Crippen LogP) is 15.8. The van der Waals surface area contributed by atoms with Gasteiger partial charge in [0.15, 0.2) is 30.0 Å². The number of ether oxygens (including phenoxy) is 4. The summed E-state index contributed by atoms with van der Waals surface area (Å²) in [6.07, 6.45) is 41.2. The van der Waals surface area contributed by atoms with Crippen LogP contribution < -0.4 is 20.5 Å². The van der Waals surface area contributed by atoms with E-state index >= 15 is 4.39 Å². The zero-order valence-corrected chi connectivity index (χ0v) is 46.7. The number of aliphatic hydroxyl groups excluding tert-OH is 1. The number of rotatable bonds is 48. The third-order valence-corrected chi connectivity index (χ3v) is 14.5. The van der Waals surface area contributed by atoms with E-state index in [1.54, 1.807) is 12.1 Å². The number of halogens is 1. The van der Waals surface area contributed by atoms with Crippen LogP contribution in [-0.4, -0.2) is 70.5 Å². The van der Waals surface area contributed by atoms with Gasteiger partial charge in [0.05, 0.1) is 31.8 Å². The summed E-state index contributed by atoms with van der Waals surface area (Å²) in [5, 5.41) is 12.5. The Kier molecular flexibility index (Phi) is 36.8. The van der Waals surface area contributed by atoms with Crippen LogP contribution >= 0.6 is 0 Å². The first kappa shape index (κ1) is 64.4. The van der Waals surface area contributed by atoms with E-state index in [1.807, 2.05) is 6.07 Å². The molecule has 1 aromatic carbocycles. The quantitative estimate of drug-likeness (QED) is 0.0483. The summed E-state index contributed by atoms with van der Waals surface area (Å²) in [5.74, 6) is -0.856. The molecular formula is C61H102FN3O9. The van der Waals surface area contributed by atoms with Gasteiger partial charge in [-0.25, -0.2) is 9.18 Å². The molecule has 422 valence electrons. The number of esters is 1. The van der Waals surface area contributed by atoms with Crippen LogP contribution in [-0.2, 0) is 19.1 Å². The molecule has 74 heavy (non-hydrogen) atoms. The molecule has 1 fully saturated rings. The second-order valence-corrected chi connectivity index (χ2v) is 21.2. The van der Waals surface area contributed by atoms with Crippen LogP contribution in [0.15, 0.2) is 35.3 Å². The van der Waals surface area contributed by atoms with Crippen molar-refractivity contribution in [3.63, 3.8) is 0 Å². The molecule has 1 amide bonds. The monoisotopic (exact) mass is 1040 g/mol. The Morgan fingerprint density at radius 3 is 1.47 bits per heavy atom. The molecule has 3 rings (SSSR count). The van der Waals surface area contributed by atoms with E-state index < -0.39 is 48.8 Å². The van der Waals surface area contributed by atoms with Crippen molar-refractivity contribution in [1.82, 2.24) is 9.55 Å². The number of amides is 1. The van der Waals surface area contributed by atoms with Gasteiger partial charge in [-0.3, -0.25) is 14.2 Å². The Labute approximate surface area is 446 Å². The summed E-state index contributed by atoms with van der Waals surface area (Å²) in [6, 6.07) is 6.55. The van der Waals surface area contributed by atoms with Gasteiger partial charge in [0.25, 0.3) is 5.91 Å². The minimum Gasteiger partial charge on any atom is -0.490 e. The first-order chi connectivity index (χ1) is 36.2. The van der Waals surface area contributed by atoms with Crippen molar-refractivity contribution in [1.29, 1.82) is 0 Å². The van der Waals surface area contributed by atoms with Gasteiger partial charge in [-0.1, -0.05) is 238 Å². The first-order valence-electron chi connectivity index (χ1n) is 30.1. The number of alkyl halides is 1. The van der Waals surface area contributed by atoms with Crippen molar-refractivity contribution in [3.8, 4) is 11.5 Å². The van der Waals surface area contributed by atoms with Gasteiger partial charge in [-0.15, -0.1) is 0 Å². The fourth-order valence-corrected chi connectivity index (χ4v) is 9.88. The van der Waals surface area contributed by atoms with Gasteiger partial charge < -0.3 is 34.2 Å². The standard InChI is InChI=1S/C61H102FN3O9/c1-4-6-8-10-12-14-16-18-20-22-24-26-28-30-32-34-36-38-47-71-52-42-40-41-51(57(52)72-48-39-37-35-33-31-29-27-25-23-21-19-17-15-13-11-9-7-5-2)59(69)63-54-45-46-65(61(70)64-54)60-56(62)58(53(49-66)73-60)74-55(68)44-43-50(3)67/h40-42,45-46,53,56,58,60,66H,4-39,43-44,47-49H2,1-3H3,(H,63,64,69,70)/t53-,56-,58-,60-/m1/s1. The van der Waals surface area contributed by atoms with Gasteiger partial charge in [-0.2, -0.15) is 4.98 Å². The molecule has 0 spiro atoms. The number of hydrogen-bond donors (Lipinski definition) is 2. The summed E-state index contributed by atoms with van der Waals surface area (Å²) < 4.78 is 40.0. The summed E-state index contributed by atoms with van der Waals surface area (Å²) in [6.45, 7) is 6.11. The normalized spacial score (nSPS) is 16.4. The van der Waals surface area contributed by atoms with Crippen LogP contribution in [0.25, 0.3) is 0 Å². The van der Waals surface area contributed by atoms with Crippen LogP contribution in [0.1, 0.15) is 281 Å². The van der Waals surface area contributed by atoms with E-state index in [0.717, 1.165) is 43.1 Å². The Hall–Kier alpha value is -3.84. The molecule has 12 nitrogen and oxygen atoms in total. The highest BCUT2D eigenvalue weighted by molar-refractivity contribution is 6.06. The number of aromatic nitrogens is 2. The lowest BCUT2D eigenvalue weighted by molar-refractivity contribution is -0.155. The zero-order chi connectivity index (χ0) is 53.3. The van der Waals surface area contributed by atoms with Gasteiger partial charge in [0, 0.05) is 12.6 Å². The number of benzene rings is 1. The number of para-hydroxylation sites is 1. The summed E-state index contributed by atoms with van der Waals surface area (Å²) in [5.41, 5.74) is -0.695. The highest BCUT2D eigenvalue weighted by Gasteiger charge is 2.48. The summed E-state index contributed by atoms with van der Waals surface area (Å²) in [4.78, 5) is 54.8. The molecule has 0 radical (unpaired) electrons. The van der Waals surface area contributed by atoms with Gasteiger partial charge in [0.1, 0.15) is 17.7 Å². The molecule has 0 aliphatic carbocycles. The van der Waals surface area contributed by atoms with Crippen LogP contribution in [0.2, 0.25) is 0 Å². The van der Waals surface area contributed by atoms with E-state index in [4.69, 9.17) is 18.9 Å². The van der Waals surface area contributed by atoms with E-state index in [-0.39, 0.29) is 30.0 Å². The van der Waals surface area contributed by atoms with Crippen LogP contribution in [0.3, 0.4) is 0 Å². The lowest BCUT2D eigenvalue weighted by Gasteiger charge is -2.18. The van der Waals surface area contributed by atoms with Crippen molar-refractivity contribution in [2.24, 2.45) is 0 Å². The minimum absolute atomic E-state index is 0.0721. The predicted molar refractivity (Wildman–Crippen MR) is 297 cm³/mol. The van der Waals surface area contributed by atoms with Gasteiger partial charge in [0.2, 0.25) is 0 Å². The van der Waals surface area contributed by atoms with Crippen molar-refractivity contribution in [2.45, 2.75) is 289 Å². The largest absolute Gasteiger partial charge is 0.490 e. The molecule has 2 N–H and O–H groups in total. The number of carbonyl (C=O) groups excluding carboxylic acids is 3. The van der Waals surface area contributed by atoms with E-state index in [0.29, 0.717) is 24.7 Å². The van der Waals surface area contributed by atoms with Crippen LogP contribution in [0, 0.1) is 0 Å². The molecule has 1 aromatic heterocycles. The maximum atomic E-state index is 15.7. The van der Waals surface area contributed by atoms with E-state index in [9.17, 15) is 24.3 Å². The lowest BCUT2D eigenvalue weighted by Crippen LogP contribution is -2.37. The summed E-state index contributed by atoms with van der Waals surface area (Å²) >= 11 is 0. The fourth-order valence-electron chi connectivity index (χ4n) is 9.88. The van der Waals surface area contributed by atoms with Crippen molar-refractivity contribution in [3.05, 3.63) is 46.5 Å². The topological polar surface area (TPSA) is 155 Å². The second-order valence-electron chi connectivity index (χ2n) is 21.2. The number of carbonyl (C=O) groups is 3. The Bertz CT molecular complexity index is 1830. The van der Waals surface area contributed by atoms with E-state index in [2.05, 4.69) is 24.1 Å². The molecule has 2 heterocycles. The molecule has 13 heteroatoms. The highest BCUT2D eigenvalue weighted by Crippen LogP contribution is 2.35. The second kappa shape index (κ2) is 42.3. The third kappa shape index (κ3) is 28.3.